The molecule has 3 rings (SSSR count). The molecule has 0 atom stereocenters. The van der Waals surface area contributed by atoms with Crippen LogP contribution in [0.25, 0.3) is 0 Å². The maximum absolute atomic E-state index is 12.2. The Balaban J connectivity index is 1.59. The summed E-state index contributed by atoms with van der Waals surface area (Å²) in [5, 5.41) is 6.02. The van der Waals surface area contributed by atoms with Crippen molar-refractivity contribution >= 4 is 28.9 Å². The lowest BCUT2D eigenvalue weighted by Gasteiger charge is -2.09. The SMILES string of the molecule is CC(=O)c1ccc(Nc2ccc(NC(=O)Cc3ccccc3C)nc2)cc1. The van der Waals surface area contributed by atoms with Crippen LogP contribution >= 0.6 is 0 Å². The van der Waals surface area contributed by atoms with E-state index >= 15 is 0 Å². The van der Waals surface area contributed by atoms with Gasteiger partial charge in [0.2, 0.25) is 5.91 Å². The second-order valence-corrected chi connectivity index (χ2v) is 6.34. The summed E-state index contributed by atoms with van der Waals surface area (Å²) in [5.41, 5.74) is 4.42. The molecule has 0 unspecified atom stereocenters. The molecule has 27 heavy (non-hydrogen) atoms. The zero-order valence-corrected chi connectivity index (χ0v) is 15.3. The van der Waals surface area contributed by atoms with Gasteiger partial charge in [-0.05, 0) is 61.4 Å². The molecule has 0 bridgehead atoms. The number of Topliss-reactive ketones (excluding diaryl/α,β-unsaturated/α-hetero) is 1. The topological polar surface area (TPSA) is 71.1 Å². The van der Waals surface area contributed by atoms with E-state index in [0.717, 1.165) is 22.5 Å². The number of pyridine rings is 1. The van der Waals surface area contributed by atoms with Crippen LogP contribution in [0.3, 0.4) is 0 Å². The van der Waals surface area contributed by atoms with Gasteiger partial charge in [0.15, 0.2) is 5.78 Å². The maximum atomic E-state index is 12.2. The van der Waals surface area contributed by atoms with Crippen LogP contribution in [-0.2, 0) is 11.2 Å². The number of amides is 1. The first-order chi connectivity index (χ1) is 13.0. The summed E-state index contributed by atoms with van der Waals surface area (Å²) >= 11 is 0. The molecule has 2 N–H and O–H groups in total. The predicted octanol–water partition coefficient (Wildman–Crippen LogP) is 4.52. The van der Waals surface area contributed by atoms with E-state index in [9.17, 15) is 9.59 Å². The second kappa shape index (κ2) is 8.27. The standard InChI is InChI=1S/C22H21N3O2/c1-15-5-3-4-6-18(15)13-22(27)25-21-12-11-20(14-23-21)24-19-9-7-17(8-10-19)16(2)26/h3-12,14,24H,13H2,1-2H3,(H,23,25,27). The summed E-state index contributed by atoms with van der Waals surface area (Å²) in [6.07, 6.45) is 1.97. The predicted molar refractivity (Wildman–Crippen MR) is 107 cm³/mol. The smallest absolute Gasteiger partial charge is 0.229 e. The van der Waals surface area contributed by atoms with Crippen LogP contribution in [0.2, 0.25) is 0 Å². The van der Waals surface area contributed by atoms with Gasteiger partial charge in [0, 0.05) is 11.3 Å². The molecule has 0 fully saturated rings. The molecule has 0 aliphatic heterocycles. The molecule has 1 amide bonds. The van der Waals surface area contributed by atoms with Gasteiger partial charge in [-0.1, -0.05) is 24.3 Å². The molecule has 1 aromatic heterocycles. The first kappa shape index (κ1) is 18.3. The van der Waals surface area contributed by atoms with Crippen LogP contribution in [-0.4, -0.2) is 16.7 Å². The van der Waals surface area contributed by atoms with Crippen LogP contribution in [0.5, 0.6) is 0 Å². The van der Waals surface area contributed by atoms with Crippen molar-refractivity contribution in [1.29, 1.82) is 0 Å². The summed E-state index contributed by atoms with van der Waals surface area (Å²) in [6.45, 7) is 3.53. The number of nitrogens with zero attached hydrogens (tertiary/aromatic N) is 1. The van der Waals surface area contributed by atoms with Gasteiger partial charge in [0.05, 0.1) is 18.3 Å². The third-order valence-corrected chi connectivity index (χ3v) is 4.22. The van der Waals surface area contributed by atoms with E-state index in [1.165, 1.54) is 0 Å². The van der Waals surface area contributed by atoms with Crippen molar-refractivity contribution in [3.8, 4) is 0 Å². The molecule has 0 aliphatic rings. The molecule has 0 saturated carbocycles. The van der Waals surface area contributed by atoms with Crippen molar-refractivity contribution in [2.45, 2.75) is 20.3 Å². The van der Waals surface area contributed by atoms with Crippen molar-refractivity contribution in [3.63, 3.8) is 0 Å². The summed E-state index contributed by atoms with van der Waals surface area (Å²) in [7, 11) is 0. The van der Waals surface area contributed by atoms with E-state index in [0.29, 0.717) is 17.8 Å². The van der Waals surface area contributed by atoms with Crippen molar-refractivity contribution in [3.05, 3.63) is 83.6 Å². The third kappa shape index (κ3) is 5.01. The Morgan fingerprint density at radius 3 is 2.26 bits per heavy atom. The highest BCUT2D eigenvalue weighted by Crippen LogP contribution is 2.18. The molecule has 1 heterocycles. The Kier molecular flexibility index (Phi) is 5.61. The lowest BCUT2D eigenvalue weighted by molar-refractivity contribution is -0.115. The molecule has 3 aromatic rings. The third-order valence-electron chi connectivity index (χ3n) is 4.22. The number of hydrogen-bond acceptors (Lipinski definition) is 4. The van der Waals surface area contributed by atoms with Crippen LogP contribution < -0.4 is 10.6 Å². The Hall–Kier alpha value is -3.47. The minimum Gasteiger partial charge on any atom is -0.354 e. The van der Waals surface area contributed by atoms with Crippen LogP contribution in [0, 0.1) is 6.92 Å². The summed E-state index contributed by atoms with van der Waals surface area (Å²) in [4.78, 5) is 27.8. The highest BCUT2D eigenvalue weighted by Gasteiger charge is 2.07. The number of aromatic nitrogens is 1. The number of aryl methyl sites for hydroxylation is 1. The minimum absolute atomic E-state index is 0.0361. The average molecular weight is 359 g/mol. The number of rotatable bonds is 6. The molecule has 5 nitrogen and oxygen atoms in total. The normalized spacial score (nSPS) is 10.3. The fourth-order valence-electron chi connectivity index (χ4n) is 2.67. The summed E-state index contributed by atoms with van der Waals surface area (Å²) in [5.74, 6) is 0.442. The number of ketones is 1. The molecule has 2 aromatic carbocycles. The molecular formula is C22H21N3O2. The molecular weight excluding hydrogens is 338 g/mol. The number of carbonyl (C=O) groups is 2. The largest absolute Gasteiger partial charge is 0.354 e. The van der Waals surface area contributed by atoms with Gasteiger partial charge in [-0.2, -0.15) is 0 Å². The highest BCUT2D eigenvalue weighted by molar-refractivity contribution is 5.94. The fraction of sp³-hybridized carbons (Fsp3) is 0.136. The maximum Gasteiger partial charge on any atom is 0.229 e. The zero-order chi connectivity index (χ0) is 19.2. The van der Waals surface area contributed by atoms with Crippen LogP contribution in [0.1, 0.15) is 28.4 Å². The van der Waals surface area contributed by atoms with E-state index in [1.807, 2.05) is 49.4 Å². The number of hydrogen-bond donors (Lipinski definition) is 2. The van der Waals surface area contributed by atoms with Gasteiger partial charge in [-0.15, -0.1) is 0 Å². The first-order valence-electron chi connectivity index (χ1n) is 8.70. The number of anilines is 3. The fourth-order valence-corrected chi connectivity index (χ4v) is 2.67. The minimum atomic E-state index is -0.0997. The van der Waals surface area contributed by atoms with Crippen molar-refractivity contribution in [2.24, 2.45) is 0 Å². The average Bonchev–Trinajstić information content (AvgIpc) is 2.66. The van der Waals surface area contributed by atoms with Crippen molar-refractivity contribution in [1.82, 2.24) is 4.98 Å². The van der Waals surface area contributed by atoms with E-state index in [-0.39, 0.29) is 11.7 Å². The number of benzene rings is 2. The Morgan fingerprint density at radius 1 is 0.926 bits per heavy atom. The van der Waals surface area contributed by atoms with E-state index in [1.54, 1.807) is 31.3 Å². The van der Waals surface area contributed by atoms with Gasteiger partial charge in [0.1, 0.15) is 5.82 Å². The van der Waals surface area contributed by atoms with Gasteiger partial charge in [0.25, 0.3) is 0 Å². The monoisotopic (exact) mass is 359 g/mol. The lowest BCUT2D eigenvalue weighted by Crippen LogP contribution is -2.15. The molecule has 0 saturated heterocycles. The van der Waals surface area contributed by atoms with Crippen molar-refractivity contribution < 1.29 is 9.59 Å². The van der Waals surface area contributed by atoms with E-state index < -0.39 is 0 Å². The molecule has 5 heteroatoms. The zero-order valence-electron chi connectivity index (χ0n) is 15.3. The van der Waals surface area contributed by atoms with Gasteiger partial charge < -0.3 is 10.6 Å². The molecule has 0 radical (unpaired) electrons. The number of carbonyl (C=O) groups excluding carboxylic acids is 2. The highest BCUT2D eigenvalue weighted by atomic mass is 16.1. The van der Waals surface area contributed by atoms with Gasteiger partial charge in [-0.25, -0.2) is 4.98 Å². The summed E-state index contributed by atoms with van der Waals surface area (Å²) in [6, 6.07) is 18.7. The van der Waals surface area contributed by atoms with Crippen LogP contribution in [0.4, 0.5) is 17.2 Å². The Bertz CT molecular complexity index is 948. The quantitative estimate of drug-likeness (QED) is 0.635. The lowest BCUT2D eigenvalue weighted by atomic mass is 10.1. The number of nitrogens with one attached hydrogen (secondary N) is 2. The Morgan fingerprint density at radius 2 is 1.63 bits per heavy atom. The van der Waals surface area contributed by atoms with E-state index in [2.05, 4.69) is 15.6 Å². The molecule has 0 aliphatic carbocycles. The van der Waals surface area contributed by atoms with Gasteiger partial charge in [-0.3, -0.25) is 9.59 Å². The first-order valence-corrected chi connectivity index (χ1v) is 8.70. The molecule has 136 valence electrons. The van der Waals surface area contributed by atoms with Crippen molar-refractivity contribution in [2.75, 3.05) is 10.6 Å². The van der Waals surface area contributed by atoms with Gasteiger partial charge >= 0.3 is 0 Å². The van der Waals surface area contributed by atoms with E-state index in [4.69, 9.17) is 0 Å². The second-order valence-electron chi connectivity index (χ2n) is 6.34. The summed E-state index contributed by atoms with van der Waals surface area (Å²) < 4.78 is 0. The molecule has 0 spiro atoms. The Labute approximate surface area is 158 Å². The van der Waals surface area contributed by atoms with Crippen LogP contribution in [0.15, 0.2) is 66.9 Å².